The molecular weight excluding hydrogens is 393 g/mol. The molecule has 0 fully saturated rings. The van der Waals surface area contributed by atoms with Crippen LogP contribution in [-0.4, -0.2) is 12.1 Å². The number of benzene rings is 1. The molecule has 0 saturated heterocycles. The van der Waals surface area contributed by atoms with E-state index in [4.69, 9.17) is 9.15 Å². The molecule has 2 aromatic heterocycles. The van der Waals surface area contributed by atoms with Gasteiger partial charge in [-0.15, -0.1) is 11.3 Å². The molecule has 28 heavy (non-hydrogen) atoms. The lowest BCUT2D eigenvalue weighted by molar-refractivity contribution is -0.137. The summed E-state index contributed by atoms with van der Waals surface area (Å²) in [6, 6.07) is 9.57. The van der Waals surface area contributed by atoms with Crippen molar-refractivity contribution in [2.45, 2.75) is 19.7 Å². The standard InChI is InChI=1S/C19H15F3N2O3S/c1-12-7-13(11-28-12)18(25)24-23-9-16-5-6-17(27-16)10-26-15-4-2-3-14(8-15)19(20,21)22/h2-9,11H,10H2,1H3,(H,24,25)/b23-9-. The number of carbonyl (C=O) groups is 1. The molecule has 0 unspecified atom stereocenters. The van der Waals surface area contributed by atoms with E-state index in [9.17, 15) is 18.0 Å². The Morgan fingerprint density at radius 1 is 1.29 bits per heavy atom. The summed E-state index contributed by atoms with van der Waals surface area (Å²) in [5.74, 6) is 0.517. The third-order valence-electron chi connectivity index (χ3n) is 3.58. The zero-order valence-corrected chi connectivity index (χ0v) is 15.4. The van der Waals surface area contributed by atoms with Gasteiger partial charge in [-0.05, 0) is 43.3 Å². The minimum absolute atomic E-state index is 0.0459. The molecule has 0 saturated carbocycles. The number of hydrogen-bond acceptors (Lipinski definition) is 5. The van der Waals surface area contributed by atoms with E-state index in [0.717, 1.165) is 17.0 Å². The number of nitrogens with one attached hydrogen (secondary N) is 1. The van der Waals surface area contributed by atoms with Crippen molar-refractivity contribution < 1.29 is 27.1 Å². The maximum Gasteiger partial charge on any atom is 0.416 e. The topological polar surface area (TPSA) is 63.8 Å². The highest BCUT2D eigenvalue weighted by Crippen LogP contribution is 2.31. The molecule has 1 N–H and O–H groups in total. The van der Waals surface area contributed by atoms with E-state index in [1.165, 1.54) is 29.7 Å². The van der Waals surface area contributed by atoms with Crippen molar-refractivity contribution in [1.29, 1.82) is 0 Å². The highest BCUT2D eigenvalue weighted by atomic mass is 32.1. The first kappa shape index (κ1) is 19.7. The first-order chi connectivity index (χ1) is 13.3. The molecule has 146 valence electrons. The minimum atomic E-state index is -4.43. The van der Waals surface area contributed by atoms with Crippen molar-refractivity contribution in [3.8, 4) is 5.75 Å². The van der Waals surface area contributed by atoms with E-state index < -0.39 is 11.7 Å². The number of nitrogens with zero attached hydrogens (tertiary/aromatic N) is 1. The van der Waals surface area contributed by atoms with Gasteiger partial charge in [-0.25, -0.2) is 5.43 Å². The Bertz CT molecular complexity index is 992. The molecule has 1 amide bonds. The van der Waals surface area contributed by atoms with Crippen molar-refractivity contribution in [3.63, 3.8) is 0 Å². The van der Waals surface area contributed by atoms with Crippen LogP contribution in [0.5, 0.6) is 5.75 Å². The molecule has 0 aliphatic carbocycles. The number of amides is 1. The van der Waals surface area contributed by atoms with Crippen LogP contribution in [0.1, 0.15) is 32.3 Å². The first-order valence-corrected chi connectivity index (χ1v) is 8.96. The first-order valence-electron chi connectivity index (χ1n) is 8.08. The van der Waals surface area contributed by atoms with Gasteiger partial charge in [0.15, 0.2) is 0 Å². The quantitative estimate of drug-likeness (QED) is 0.461. The molecule has 0 bridgehead atoms. The second-order valence-corrected chi connectivity index (χ2v) is 6.88. The fourth-order valence-electron chi connectivity index (χ4n) is 2.24. The fraction of sp³-hybridized carbons (Fsp3) is 0.158. The number of thiophene rings is 1. The minimum Gasteiger partial charge on any atom is -0.486 e. The zero-order chi connectivity index (χ0) is 20.1. The van der Waals surface area contributed by atoms with Crippen LogP contribution in [0.25, 0.3) is 0 Å². The predicted molar refractivity (Wildman–Crippen MR) is 98.6 cm³/mol. The van der Waals surface area contributed by atoms with Crippen LogP contribution in [0, 0.1) is 6.92 Å². The molecule has 0 spiro atoms. The Kier molecular flexibility index (Phi) is 5.84. The molecule has 3 rings (SSSR count). The van der Waals surface area contributed by atoms with Crippen LogP contribution in [0.2, 0.25) is 0 Å². The molecular formula is C19H15F3N2O3S. The lowest BCUT2D eigenvalue weighted by Gasteiger charge is -2.09. The van der Waals surface area contributed by atoms with Crippen LogP contribution in [-0.2, 0) is 12.8 Å². The average Bonchev–Trinajstić information content (AvgIpc) is 3.28. The van der Waals surface area contributed by atoms with Crippen molar-refractivity contribution in [3.05, 3.63) is 75.4 Å². The van der Waals surface area contributed by atoms with Crippen molar-refractivity contribution in [2.75, 3.05) is 0 Å². The Morgan fingerprint density at radius 3 is 2.82 bits per heavy atom. The summed E-state index contributed by atoms with van der Waals surface area (Å²) in [6.07, 6.45) is -3.11. The molecule has 3 aromatic rings. The smallest absolute Gasteiger partial charge is 0.416 e. The lowest BCUT2D eigenvalue weighted by Crippen LogP contribution is -2.16. The highest BCUT2D eigenvalue weighted by Gasteiger charge is 2.30. The van der Waals surface area contributed by atoms with E-state index in [0.29, 0.717) is 17.1 Å². The number of aryl methyl sites for hydroxylation is 1. The Balaban J connectivity index is 1.53. The van der Waals surface area contributed by atoms with E-state index in [2.05, 4.69) is 10.5 Å². The van der Waals surface area contributed by atoms with E-state index >= 15 is 0 Å². The summed E-state index contributed by atoms with van der Waals surface area (Å²) in [4.78, 5) is 12.9. The largest absolute Gasteiger partial charge is 0.486 e. The molecule has 1 aromatic carbocycles. The molecule has 9 heteroatoms. The van der Waals surface area contributed by atoms with Crippen molar-refractivity contribution in [1.82, 2.24) is 5.43 Å². The zero-order valence-electron chi connectivity index (χ0n) is 14.6. The molecule has 0 aliphatic rings. The van der Waals surface area contributed by atoms with Gasteiger partial charge in [-0.1, -0.05) is 6.07 Å². The summed E-state index contributed by atoms with van der Waals surface area (Å²) in [5, 5.41) is 5.55. The summed E-state index contributed by atoms with van der Waals surface area (Å²) in [6.45, 7) is 1.85. The van der Waals surface area contributed by atoms with E-state index in [1.54, 1.807) is 23.6 Å². The fourth-order valence-corrected chi connectivity index (χ4v) is 2.92. The maximum atomic E-state index is 12.7. The molecule has 2 heterocycles. The van der Waals surface area contributed by atoms with Crippen LogP contribution >= 0.6 is 11.3 Å². The number of carbonyl (C=O) groups excluding carboxylic acids is 1. The monoisotopic (exact) mass is 408 g/mol. The van der Waals surface area contributed by atoms with Crippen LogP contribution in [0.3, 0.4) is 0 Å². The highest BCUT2D eigenvalue weighted by molar-refractivity contribution is 7.10. The van der Waals surface area contributed by atoms with Gasteiger partial charge >= 0.3 is 6.18 Å². The number of furan rings is 1. The Labute approximate surface area is 162 Å². The van der Waals surface area contributed by atoms with Gasteiger partial charge in [0.25, 0.3) is 5.91 Å². The second-order valence-electron chi connectivity index (χ2n) is 5.76. The van der Waals surface area contributed by atoms with Gasteiger partial charge in [0.05, 0.1) is 17.3 Å². The number of halogens is 3. The second kappa shape index (κ2) is 8.30. The normalized spacial score (nSPS) is 11.7. The third kappa shape index (κ3) is 5.23. The van der Waals surface area contributed by atoms with Gasteiger partial charge in [-0.3, -0.25) is 4.79 Å². The van der Waals surface area contributed by atoms with Gasteiger partial charge in [0.2, 0.25) is 0 Å². The average molecular weight is 408 g/mol. The van der Waals surface area contributed by atoms with E-state index in [1.807, 2.05) is 6.92 Å². The molecule has 0 atom stereocenters. The Hall–Kier alpha value is -3.07. The Morgan fingerprint density at radius 2 is 2.11 bits per heavy atom. The maximum absolute atomic E-state index is 12.7. The van der Waals surface area contributed by atoms with E-state index in [-0.39, 0.29) is 18.3 Å². The van der Waals surface area contributed by atoms with Gasteiger partial charge in [-0.2, -0.15) is 18.3 Å². The van der Waals surface area contributed by atoms with Gasteiger partial charge in [0.1, 0.15) is 23.9 Å². The summed E-state index contributed by atoms with van der Waals surface area (Å²) < 4.78 is 48.9. The van der Waals surface area contributed by atoms with Crippen molar-refractivity contribution in [2.24, 2.45) is 5.10 Å². The molecule has 5 nitrogen and oxygen atoms in total. The lowest BCUT2D eigenvalue weighted by atomic mass is 10.2. The van der Waals surface area contributed by atoms with Gasteiger partial charge in [0, 0.05) is 10.3 Å². The van der Waals surface area contributed by atoms with Crippen molar-refractivity contribution >= 4 is 23.5 Å². The SMILES string of the molecule is Cc1cc(C(=O)N/N=C\c2ccc(COc3cccc(C(F)(F)F)c3)o2)cs1. The number of hydrazone groups is 1. The van der Waals surface area contributed by atoms with Crippen LogP contribution in [0.15, 0.2) is 57.4 Å². The predicted octanol–water partition coefficient (Wildman–Crippen LogP) is 5.01. The third-order valence-corrected chi connectivity index (χ3v) is 4.44. The van der Waals surface area contributed by atoms with Gasteiger partial charge < -0.3 is 9.15 Å². The van der Waals surface area contributed by atoms with Crippen LogP contribution < -0.4 is 10.2 Å². The summed E-state index contributed by atoms with van der Waals surface area (Å²) in [7, 11) is 0. The van der Waals surface area contributed by atoms with Crippen LogP contribution in [0.4, 0.5) is 13.2 Å². The summed E-state index contributed by atoms with van der Waals surface area (Å²) in [5.41, 5.74) is 2.13. The number of ether oxygens (including phenoxy) is 1. The summed E-state index contributed by atoms with van der Waals surface area (Å²) >= 11 is 1.46. The number of rotatable bonds is 6. The number of alkyl halides is 3. The number of hydrogen-bond donors (Lipinski definition) is 1. The molecule has 0 aliphatic heterocycles. The molecule has 0 radical (unpaired) electrons.